The number of methoxy groups -OCH3 is 2. The fourth-order valence-corrected chi connectivity index (χ4v) is 2.74. The predicted molar refractivity (Wildman–Crippen MR) is 68.9 cm³/mol. The molecule has 0 aliphatic heterocycles. The van der Waals surface area contributed by atoms with Crippen molar-refractivity contribution in [3.8, 4) is 11.5 Å². The maximum absolute atomic E-state index is 5.96. The van der Waals surface area contributed by atoms with Crippen LogP contribution in [0.1, 0.15) is 30.4 Å². The summed E-state index contributed by atoms with van der Waals surface area (Å²) in [7, 11) is 3.34. The van der Waals surface area contributed by atoms with Crippen LogP contribution in [0.25, 0.3) is 0 Å². The smallest absolute Gasteiger partial charge is 0.161 e. The second-order valence-corrected chi connectivity index (χ2v) is 4.86. The Morgan fingerprint density at radius 2 is 1.76 bits per heavy atom. The summed E-state index contributed by atoms with van der Waals surface area (Å²) >= 11 is 0. The molecule has 1 aliphatic carbocycles. The monoisotopic (exact) mass is 235 g/mol. The van der Waals surface area contributed by atoms with Crippen LogP contribution in [0.3, 0.4) is 0 Å². The standard InChI is InChI=1S/C14H21NO2/c1-10-7-12(16-2)13(17-3)8-11(10)14(9-15)5-4-6-14/h7-8H,4-6,9,15H2,1-3H3. The van der Waals surface area contributed by atoms with Gasteiger partial charge in [-0.15, -0.1) is 0 Å². The molecular formula is C14H21NO2. The lowest BCUT2D eigenvalue weighted by atomic mass is 9.63. The molecule has 0 unspecified atom stereocenters. The number of rotatable bonds is 4. The fourth-order valence-electron chi connectivity index (χ4n) is 2.74. The topological polar surface area (TPSA) is 44.5 Å². The first kappa shape index (κ1) is 12.2. The van der Waals surface area contributed by atoms with Crippen LogP contribution in [-0.4, -0.2) is 20.8 Å². The minimum Gasteiger partial charge on any atom is -0.493 e. The Kier molecular flexibility index (Phi) is 3.29. The van der Waals surface area contributed by atoms with E-state index in [0.29, 0.717) is 6.54 Å². The Morgan fingerprint density at radius 1 is 1.18 bits per heavy atom. The maximum atomic E-state index is 5.96. The summed E-state index contributed by atoms with van der Waals surface area (Å²) in [6.07, 6.45) is 3.63. The van der Waals surface area contributed by atoms with Gasteiger partial charge in [0.1, 0.15) is 0 Å². The molecule has 0 saturated heterocycles. The van der Waals surface area contributed by atoms with E-state index in [1.165, 1.54) is 30.4 Å². The SMILES string of the molecule is COc1cc(C)c(C2(CN)CCC2)cc1OC. The Labute approximate surface area is 103 Å². The van der Waals surface area contributed by atoms with Gasteiger partial charge in [0.15, 0.2) is 11.5 Å². The van der Waals surface area contributed by atoms with E-state index in [4.69, 9.17) is 15.2 Å². The molecule has 1 saturated carbocycles. The van der Waals surface area contributed by atoms with Gasteiger partial charge in [-0.25, -0.2) is 0 Å². The highest BCUT2D eigenvalue weighted by Gasteiger charge is 2.38. The summed E-state index contributed by atoms with van der Waals surface area (Å²) in [6, 6.07) is 4.14. The Balaban J connectivity index is 2.47. The molecule has 1 aromatic rings. The highest BCUT2D eigenvalue weighted by Crippen LogP contribution is 2.46. The van der Waals surface area contributed by atoms with Crippen molar-refractivity contribution in [2.75, 3.05) is 20.8 Å². The third-order valence-corrected chi connectivity index (χ3v) is 4.00. The van der Waals surface area contributed by atoms with E-state index in [9.17, 15) is 0 Å². The van der Waals surface area contributed by atoms with Gasteiger partial charge in [0, 0.05) is 12.0 Å². The average molecular weight is 235 g/mol. The van der Waals surface area contributed by atoms with E-state index in [0.717, 1.165) is 11.5 Å². The van der Waals surface area contributed by atoms with Gasteiger partial charge in [0.05, 0.1) is 14.2 Å². The molecule has 2 rings (SSSR count). The number of hydrogen-bond donors (Lipinski definition) is 1. The lowest BCUT2D eigenvalue weighted by molar-refractivity contribution is 0.250. The van der Waals surface area contributed by atoms with E-state index in [1.807, 2.05) is 6.07 Å². The van der Waals surface area contributed by atoms with Gasteiger partial charge in [0.2, 0.25) is 0 Å². The third-order valence-electron chi connectivity index (χ3n) is 4.00. The Hall–Kier alpha value is -1.22. The molecule has 0 amide bonds. The first-order valence-electron chi connectivity index (χ1n) is 6.10. The largest absolute Gasteiger partial charge is 0.493 e. The highest BCUT2D eigenvalue weighted by atomic mass is 16.5. The van der Waals surface area contributed by atoms with Crippen LogP contribution >= 0.6 is 0 Å². The molecule has 17 heavy (non-hydrogen) atoms. The summed E-state index contributed by atoms with van der Waals surface area (Å²) in [4.78, 5) is 0. The normalized spacial score (nSPS) is 17.4. The summed E-state index contributed by atoms with van der Waals surface area (Å²) in [5.74, 6) is 1.59. The molecule has 94 valence electrons. The van der Waals surface area contributed by atoms with Crippen molar-refractivity contribution in [1.82, 2.24) is 0 Å². The first-order valence-corrected chi connectivity index (χ1v) is 6.10. The van der Waals surface area contributed by atoms with Crippen molar-refractivity contribution < 1.29 is 9.47 Å². The molecule has 1 fully saturated rings. The zero-order valence-corrected chi connectivity index (χ0v) is 10.9. The van der Waals surface area contributed by atoms with Crippen molar-refractivity contribution in [2.24, 2.45) is 5.73 Å². The minimum absolute atomic E-state index is 0.170. The van der Waals surface area contributed by atoms with Crippen molar-refractivity contribution in [2.45, 2.75) is 31.6 Å². The van der Waals surface area contributed by atoms with Crippen LogP contribution in [-0.2, 0) is 5.41 Å². The molecule has 3 nitrogen and oxygen atoms in total. The summed E-state index contributed by atoms with van der Waals surface area (Å²) in [6.45, 7) is 2.83. The van der Waals surface area contributed by atoms with Gasteiger partial charge in [-0.3, -0.25) is 0 Å². The zero-order valence-electron chi connectivity index (χ0n) is 10.9. The van der Waals surface area contributed by atoms with Gasteiger partial charge in [0.25, 0.3) is 0 Å². The molecule has 3 heteroatoms. The number of benzene rings is 1. The molecule has 0 spiro atoms. The van der Waals surface area contributed by atoms with Crippen LogP contribution in [0.15, 0.2) is 12.1 Å². The van der Waals surface area contributed by atoms with E-state index >= 15 is 0 Å². The second-order valence-electron chi connectivity index (χ2n) is 4.86. The van der Waals surface area contributed by atoms with Crippen molar-refractivity contribution >= 4 is 0 Å². The van der Waals surface area contributed by atoms with Gasteiger partial charge in [-0.1, -0.05) is 6.42 Å². The number of aryl methyl sites for hydroxylation is 1. The lowest BCUT2D eigenvalue weighted by Gasteiger charge is -2.42. The predicted octanol–water partition coefficient (Wildman–Crippen LogP) is 2.39. The van der Waals surface area contributed by atoms with E-state index < -0.39 is 0 Å². The summed E-state index contributed by atoms with van der Waals surface area (Å²) in [5, 5.41) is 0. The average Bonchev–Trinajstić information content (AvgIpc) is 2.29. The quantitative estimate of drug-likeness (QED) is 0.871. The lowest BCUT2D eigenvalue weighted by Crippen LogP contribution is -2.42. The van der Waals surface area contributed by atoms with E-state index in [-0.39, 0.29) is 5.41 Å². The van der Waals surface area contributed by atoms with Crippen molar-refractivity contribution in [1.29, 1.82) is 0 Å². The Morgan fingerprint density at radius 3 is 2.18 bits per heavy atom. The van der Waals surface area contributed by atoms with Gasteiger partial charge < -0.3 is 15.2 Å². The van der Waals surface area contributed by atoms with E-state index in [2.05, 4.69) is 13.0 Å². The summed E-state index contributed by atoms with van der Waals surface area (Å²) in [5.41, 5.74) is 8.70. The molecule has 0 bridgehead atoms. The highest BCUT2D eigenvalue weighted by molar-refractivity contribution is 5.50. The molecule has 1 aliphatic rings. The van der Waals surface area contributed by atoms with Crippen molar-refractivity contribution in [3.05, 3.63) is 23.3 Å². The Bertz CT molecular complexity index is 405. The third kappa shape index (κ3) is 1.89. The minimum atomic E-state index is 0.170. The molecule has 0 aromatic heterocycles. The first-order chi connectivity index (χ1) is 8.16. The molecule has 0 atom stereocenters. The van der Waals surface area contributed by atoms with Gasteiger partial charge in [-0.05, 0) is 43.0 Å². The fraction of sp³-hybridized carbons (Fsp3) is 0.571. The number of ether oxygens (including phenoxy) is 2. The number of hydrogen-bond acceptors (Lipinski definition) is 3. The van der Waals surface area contributed by atoms with Crippen molar-refractivity contribution in [3.63, 3.8) is 0 Å². The second kappa shape index (κ2) is 4.57. The summed E-state index contributed by atoms with van der Waals surface area (Å²) < 4.78 is 10.7. The zero-order chi connectivity index (χ0) is 12.5. The van der Waals surface area contributed by atoms with Crippen LogP contribution in [0.5, 0.6) is 11.5 Å². The van der Waals surface area contributed by atoms with Gasteiger partial charge >= 0.3 is 0 Å². The van der Waals surface area contributed by atoms with Gasteiger partial charge in [-0.2, -0.15) is 0 Å². The molecule has 2 N–H and O–H groups in total. The molecule has 1 aromatic carbocycles. The number of nitrogens with two attached hydrogens (primary N) is 1. The van der Waals surface area contributed by atoms with Crippen LogP contribution in [0, 0.1) is 6.92 Å². The van der Waals surface area contributed by atoms with Crippen LogP contribution in [0.2, 0.25) is 0 Å². The molecule has 0 heterocycles. The molecule has 0 radical (unpaired) electrons. The van der Waals surface area contributed by atoms with E-state index in [1.54, 1.807) is 14.2 Å². The van der Waals surface area contributed by atoms with Crippen LogP contribution < -0.4 is 15.2 Å². The maximum Gasteiger partial charge on any atom is 0.161 e. The van der Waals surface area contributed by atoms with Crippen LogP contribution in [0.4, 0.5) is 0 Å². The molecular weight excluding hydrogens is 214 g/mol.